The maximum absolute atomic E-state index is 5.47. The Kier molecular flexibility index (Phi) is 2.02. The van der Waals surface area contributed by atoms with Crippen LogP contribution in [0, 0.1) is 6.92 Å². The predicted octanol–water partition coefficient (Wildman–Crippen LogP) is 1.02. The number of aryl methyl sites for hydroxylation is 1. The fraction of sp³-hybridized carbons (Fsp3) is 0.545. The summed E-state index contributed by atoms with van der Waals surface area (Å²) in [6.07, 6.45) is 0. The zero-order valence-corrected chi connectivity index (χ0v) is 8.86. The van der Waals surface area contributed by atoms with Crippen LogP contribution in [-0.2, 0) is 4.74 Å². The van der Waals surface area contributed by atoms with E-state index in [0.29, 0.717) is 6.04 Å². The summed E-state index contributed by atoms with van der Waals surface area (Å²) in [4.78, 5) is 6.97. The number of hydrogen-bond donors (Lipinski definition) is 1. The van der Waals surface area contributed by atoms with Gasteiger partial charge in [-0.1, -0.05) is 0 Å². The number of aromatic nitrogens is 1. The summed E-state index contributed by atoms with van der Waals surface area (Å²) in [5.41, 5.74) is 2.22. The van der Waals surface area contributed by atoms with E-state index in [1.165, 1.54) is 0 Å². The van der Waals surface area contributed by atoms with Gasteiger partial charge in [0.05, 0.1) is 24.9 Å². The van der Waals surface area contributed by atoms with Crippen LogP contribution in [0.2, 0.25) is 0 Å². The van der Waals surface area contributed by atoms with Crippen molar-refractivity contribution in [2.75, 3.05) is 36.5 Å². The van der Waals surface area contributed by atoms with E-state index in [1.807, 2.05) is 13.0 Å². The third kappa shape index (κ3) is 1.45. The van der Waals surface area contributed by atoms with E-state index in [2.05, 4.69) is 21.3 Å². The highest BCUT2D eigenvalue weighted by molar-refractivity contribution is 5.69. The van der Waals surface area contributed by atoms with E-state index in [9.17, 15) is 0 Å². The molecule has 1 saturated heterocycles. The van der Waals surface area contributed by atoms with Crippen LogP contribution in [0.4, 0.5) is 11.5 Å². The molecule has 1 unspecified atom stereocenters. The number of rotatable bonds is 0. The maximum atomic E-state index is 5.47. The lowest BCUT2D eigenvalue weighted by atomic mass is 10.1. The van der Waals surface area contributed by atoms with Gasteiger partial charge in [0, 0.05) is 18.8 Å². The standard InChI is InChI=1S/C11H15N3O/c1-8-2-3-10-11(13-8)14-4-5-15-7-9(14)6-12-10/h2-3,9,12H,4-7H2,1H3. The minimum Gasteiger partial charge on any atom is -0.380 e. The first kappa shape index (κ1) is 8.97. The highest BCUT2D eigenvalue weighted by atomic mass is 16.5. The normalized spacial score (nSPS) is 24.1. The predicted molar refractivity (Wildman–Crippen MR) is 59.4 cm³/mol. The summed E-state index contributed by atoms with van der Waals surface area (Å²) in [7, 11) is 0. The molecule has 2 aliphatic rings. The van der Waals surface area contributed by atoms with E-state index >= 15 is 0 Å². The molecular formula is C11H15N3O. The number of pyridine rings is 1. The minimum absolute atomic E-state index is 0.445. The van der Waals surface area contributed by atoms with Gasteiger partial charge in [0.1, 0.15) is 0 Å². The second-order valence-electron chi connectivity index (χ2n) is 4.13. The van der Waals surface area contributed by atoms with Crippen LogP contribution in [0.25, 0.3) is 0 Å². The van der Waals surface area contributed by atoms with Crippen molar-refractivity contribution in [3.05, 3.63) is 17.8 Å². The lowest BCUT2D eigenvalue weighted by Gasteiger charge is -2.41. The van der Waals surface area contributed by atoms with Crippen molar-refractivity contribution in [1.82, 2.24) is 4.98 Å². The molecule has 0 spiro atoms. The van der Waals surface area contributed by atoms with Gasteiger partial charge in [0.25, 0.3) is 0 Å². The van der Waals surface area contributed by atoms with Crippen LogP contribution in [0.5, 0.6) is 0 Å². The smallest absolute Gasteiger partial charge is 0.152 e. The molecule has 1 atom stereocenters. The highest BCUT2D eigenvalue weighted by Gasteiger charge is 2.29. The maximum Gasteiger partial charge on any atom is 0.152 e. The van der Waals surface area contributed by atoms with Crippen LogP contribution in [0.3, 0.4) is 0 Å². The third-order valence-corrected chi connectivity index (χ3v) is 3.04. The highest BCUT2D eigenvalue weighted by Crippen LogP contribution is 2.30. The summed E-state index contributed by atoms with van der Waals surface area (Å²) < 4.78 is 5.47. The molecule has 1 fully saturated rings. The second-order valence-corrected chi connectivity index (χ2v) is 4.13. The van der Waals surface area contributed by atoms with Gasteiger partial charge in [0.15, 0.2) is 5.82 Å². The van der Waals surface area contributed by atoms with Crippen LogP contribution < -0.4 is 10.2 Å². The fourth-order valence-electron chi connectivity index (χ4n) is 2.23. The molecule has 0 amide bonds. The summed E-state index contributed by atoms with van der Waals surface area (Å²) in [5.74, 6) is 1.09. The monoisotopic (exact) mass is 205 g/mol. The van der Waals surface area contributed by atoms with Crippen molar-refractivity contribution in [1.29, 1.82) is 0 Å². The number of ether oxygens (including phenoxy) is 1. The van der Waals surface area contributed by atoms with E-state index in [-0.39, 0.29) is 0 Å². The van der Waals surface area contributed by atoms with E-state index < -0.39 is 0 Å². The molecule has 3 heterocycles. The average Bonchev–Trinajstić information content (AvgIpc) is 2.29. The first-order valence-electron chi connectivity index (χ1n) is 5.40. The van der Waals surface area contributed by atoms with Gasteiger partial charge in [-0.25, -0.2) is 4.98 Å². The Hall–Kier alpha value is -1.29. The molecule has 0 bridgehead atoms. The Morgan fingerprint density at radius 3 is 3.40 bits per heavy atom. The lowest BCUT2D eigenvalue weighted by Crippen LogP contribution is -2.52. The molecule has 15 heavy (non-hydrogen) atoms. The number of morpholine rings is 1. The van der Waals surface area contributed by atoms with Crippen LogP contribution in [0.1, 0.15) is 5.69 Å². The SMILES string of the molecule is Cc1ccc2c(n1)N1CCOCC1CN2. The molecule has 1 aromatic heterocycles. The van der Waals surface area contributed by atoms with Crippen molar-refractivity contribution < 1.29 is 4.74 Å². The first-order chi connectivity index (χ1) is 7.34. The number of nitrogens with one attached hydrogen (secondary N) is 1. The Bertz CT molecular complexity index is 380. The molecule has 0 aliphatic carbocycles. The number of fused-ring (bicyclic) bond motifs is 3. The lowest BCUT2D eigenvalue weighted by molar-refractivity contribution is 0.0959. The summed E-state index contributed by atoms with van der Waals surface area (Å²) in [6, 6.07) is 4.61. The van der Waals surface area contributed by atoms with Crippen molar-refractivity contribution >= 4 is 11.5 Å². The van der Waals surface area contributed by atoms with Gasteiger partial charge in [-0.05, 0) is 19.1 Å². The number of nitrogens with zero attached hydrogens (tertiary/aromatic N) is 2. The quantitative estimate of drug-likeness (QED) is 0.686. The van der Waals surface area contributed by atoms with Crippen LogP contribution in [-0.4, -0.2) is 37.3 Å². The average molecular weight is 205 g/mol. The molecule has 4 heteroatoms. The molecule has 0 aromatic carbocycles. The zero-order chi connectivity index (χ0) is 10.3. The summed E-state index contributed by atoms with van der Waals surface area (Å²) >= 11 is 0. The second kappa shape index (κ2) is 3.38. The van der Waals surface area contributed by atoms with E-state index in [0.717, 1.165) is 43.5 Å². The Morgan fingerprint density at radius 2 is 2.47 bits per heavy atom. The summed E-state index contributed by atoms with van der Waals surface area (Å²) in [5, 5.41) is 3.40. The Balaban J connectivity index is 2.01. The van der Waals surface area contributed by atoms with Crippen LogP contribution >= 0.6 is 0 Å². The molecule has 4 nitrogen and oxygen atoms in total. The van der Waals surface area contributed by atoms with Gasteiger partial charge >= 0.3 is 0 Å². The Labute approximate surface area is 89.3 Å². The van der Waals surface area contributed by atoms with Gasteiger partial charge in [-0.15, -0.1) is 0 Å². The Morgan fingerprint density at radius 1 is 1.53 bits per heavy atom. The molecule has 1 aromatic rings. The molecule has 2 aliphatic heterocycles. The fourth-order valence-corrected chi connectivity index (χ4v) is 2.23. The third-order valence-electron chi connectivity index (χ3n) is 3.04. The van der Waals surface area contributed by atoms with E-state index in [1.54, 1.807) is 0 Å². The zero-order valence-electron chi connectivity index (χ0n) is 8.86. The van der Waals surface area contributed by atoms with Crippen LogP contribution in [0.15, 0.2) is 12.1 Å². The molecule has 0 saturated carbocycles. The molecule has 3 rings (SSSR count). The molecule has 80 valence electrons. The van der Waals surface area contributed by atoms with Gasteiger partial charge in [-0.2, -0.15) is 0 Å². The number of anilines is 2. The van der Waals surface area contributed by atoms with Gasteiger partial charge < -0.3 is 15.0 Å². The van der Waals surface area contributed by atoms with Crippen molar-refractivity contribution in [3.8, 4) is 0 Å². The first-order valence-corrected chi connectivity index (χ1v) is 5.40. The van der Waals surface area contributed by atoms with Crippen molar-refractivity contribution in [3.63, 3.8) is 0 Å². The molecule has 0 radical (unpaired) electrons. The summed E-state index contributed by atoms with van der Waals surface area (Å²) in [6.45, 7) is 5.56. The van der Waals surface area contributed by atoms with Crippen molar-refractivity contribution in [2.24, 2.45) is 0 Å². The molecular weight excluding hydrogens is 190 g/mol. The number of hydrogen-bond acceptors (Lipinski definition) is 4. The topological polar surface area (TPSA) is 37.4 Å². The van der Waals surface area contributed by atoms with Gasteiger partial charge in [0.2, 0.25) is 0 Å². The minimum atomic E-state index is 0.445. The largest absolute Gasteiger partial charge is 0.380 e. The van der Waals surface area contributed by atoms with Gasteiger partial charge in [-0.3, -0.25) is 0 Å². The molecule has 1 N–H and O–H groups in total. The van der Waals surface area contributed by atoms with E-state index in [4.69, 9.17) is 4.74 Å². The van der Waals surface area contributed by atoms with Crippen molar-refractivity contribution in [2.45, 2.75) is 13.0 Å².